The number of piperazine rings is 1. The first-order valence-electron chi connectivity index (χ1n) is 7.40. The summed E-state index contributed by atoms with van der Waals surface area (Å²) in [7, 11) is 0. The third-order valence-corrected chi connectivity index (χ3v) is 3.77. The van der Waals surface area contributed by atoms with E-state index in [9.17, 15) is 9.18 Å². The predicted octanol–water partition coefficient (Wildman–Crippen LogP) is 1.10. The molecule has 0 bridgehead atoms. The van der Waals surface area contributed by atoms with Crippen molar-refractivity contribution in [2.45, 2.75) is 26.8 Å². The molecule has 1 fully saturated rings. The van der Waals surface area contributed by atoms with Crippen LogP contribution in [0.15, 0.2) is 24.3 Å². The molecule has 0 radical (unpaired) electrons. The Balaban J connectivity index is 1.79. The van der Waals surface area contributed by atoms with Crippen LogP contribution in [0.2, 0.25) is 0 Å². The number of hydrogen-bond donors (Lipinski definition) is 1. The van der Waals surface area contributed by atoms with Gasteiger partial charge >= 0.3 is 0 Å². The molecule has 1 N–H and O–H groups in total. The third-order valence-electron chi connectivity index (χ3n) is 3.77. The molecule has 110 valence electrons. The van der Waals surface area contributed by atoms with Crippen molar-refractivity contribution in [1.82, 2.24) is 4.90 Å². The Morgan fingerprint density at radius 1 is 1.25 bits per heavy atom. The number of nitrogens with one attached hydrogen (secondary N) is 1. The van der Waals surface area contributed by atoms with Crippen LogP contribution in [-0.2, 0) is 11.3 Å². The topological polar surface area (TPSA) is 24.8 Å². The first-order chi connectivity index (χ1) is 9.54. The summed E-state index contributed by atoms with van der Waals surface area (Å²) in [6.07, 6.45) is 0.646. The number of hydrogen-bond acceptors (Lipinski definition) is 1. The molecule has 1 aromatic rings. The molecule has 0 atom stereocenters. The number of carbonyl (C=O) groups is 1. The molecule has 1 saturated heterocycles. The van der Waals surface area contributed by atoms with E-state index < -0.39 is 0 Å². The van der Waals surface area contributed by atoms with E-state index in [0.717, 1.165) is 38.3 Å². The minimum absolute atomic E-state index is 0.187. The highest BCUT2D eigenvalue weighted by Gasteiger charge is 2.23. The van der Waals surface area contributed by atoms with E-state index in [-0.39, 0.29) is 11.7 Å². The largest absolute Gasteiger partial charge is 0.331 e. The number of carbonyl (C=O) groups excluding carboxylic acids is 1. The van der Waals surface area contributed by atoms with Crippen molar-refractivity contribution in [3.63, 3.8) is 0 Å². The number of halogens is 1. The monoisotopic (exact) mass is 279 g/mol. The molecule has 0 aliphatic carbocycles. The van der Waals surface area contributed by atoms with Crippen molar-refractivity contribution in [1.29, 1.82) is 0 Å². The van der Waals surface area contributed by atoms with Crippen LogP contribution in [0.1, 0.15) is 25.8 Å². The lowest BCUT2D eigenvalue weighted by Crippen LogP contribution is -3.13. The van der Waals surface area contributed by atoms with Crippen molar-refractivity contribution >= 4 is 5.91 Å². The SMILES string of the molecule is CC(C)CC(=O)N1CC[NH+](Cc2ccc(F)cc2)CC1. The van der Waals surface area contributed by atoms with Gasteiger partial charge < -0.3 is 9.80 Å². The van der Waals surface area contributed by atoms with Gasteiger partial charge in [-0.25, -0.2) is 4.39 Å². The summed E-state index contributed by atoms with van der Waals surface area (Å²) in [5.74, 6) is 0.515. The second kappa shape index (κ2) is 6.84. The van der Waals surface area contributed by atoms with E-state index in [4.69, 9.17) is 0 Å². The molecule has 1 amide bonds. The first-order valence-corrected chi connectivity index (χ1v) is 7.40. The lowest BCUT2D eigenvalue weighted by Gasteiger charge is -2.32. The third kappa shape index (κ3) is 4.30. The summed E-state index contributed by atoms with van der Waals surface area (Å²) in [6.45, 7) is 8.68. The number of nitrogens with zero attached hydrogens (tertiary/aromatic N) is 1. The predicted molar refractivity (Wildman–Crippen MR) is 76.8 cm³/mol. The van der Waals surface area contributed by atoms with Gasteiger partial charge in [0.15, 0.2) is 0 Å². The molecule has 1 aliphatic heterocycles. The fourth-order valence-electron chi connectivity index (χ4n) is 2.62. The Morgan fingerprint density at radius 2 is 1.85 bits per heavy atom. The normalized spacial score (nSPS) is 16.7. The van der Waals surface area contributed by atoms with Crippen LogP contribution in [0, 0.1) is 11.7 Å². The minimum Gasteiger partial charge on any atom is -0.331 e. The standard InChI is InChI=1S/C16H23FN2O/c1-13(2)11-16(20)19-9-7-18(8-10-19)12-14-3-5-15(17)6-4-14/h3-6,13H,7-12H2,1-2H3/p+1. The molecular formula is C16H24FN2O+. The molecule has 0 aromatic heterocycles. The zero-order valence-corrected chi connectivity index (χ0v) is 12.4. The summed E-state index contributed by atoms with van der Waals surface area (Å²) in [4.78, 5) is 15.4. The van der Waals surface area contributed by atoms with Crippen molar-refractivity contribution in [3.05, 3.63) is 35.6 Å². The Kier molecular flexibility index (Phi) is 5.12. The van der Waals surface area contributed by atoms with Gasteiger partial charge in [-0.15, -0.1) is 0 Å². The van der Waals surface area contributed by atoms with Crippen LogP contribution in [0.4, 0.5) is 4.39 Å². The number of quaternary nitrogens is 1. The Morgan fingerprint density at radius 3 is 2.40 bits per heavy atom. The summed E-state index contributed by atoms with van der Waals surface area (Å²) < 4.78 is 12.9. The Bertz CT molecular complexity index is 436. The average Bonchev–Trinajstić information content (AvgIpc) is 2.41. The van der Waals surface area contributed by atoms with Gasteiger partial charge in [0, 0.05) is 12.0 Å². The van der Waals surface area contributed by atoms with Gasteiger partial charge in [-0.1, -0.05) is 26.0 Å². The van der Waals surface area contributed by atoms with Crippen LogP contribution >= 0.6 is 0 Å². The second-order valence-electron chi connectivity index (χ2n) is 6.03. The molecule has 2 rings (SSSR count). The van der Waals surface area contributed by atoms with Crippen molar-refractivity contribution in [2.75, 3.05) is 26.2 Å². The summed E-state index contributed by atoms with van der Waals surface area (Å²) in [5, 5.41) is 0. The molecule has 1 heterocycles. The van der Waals surface area contributed by atoms with E-state index >= 15 is 0 Å². The molecule has 3 nitrogen and oxygen atoms in total. The zero-order valence-electron chi connectivity index (χ0n) is 12.4. The molecule has 0 unspecified atom stereocenters. The van der Waals surface area contributed by atoms with Crippen LogP contribution in [0.5, 0.6) is 0 Å². The fourth-order valence-corrected chi connectivity index (χ4v) is 2.62. The highest BCUT2D eigenvalue weighted by atomic mass is 19.1. The molecule has 20 heavy (non-hydrogen) atoms. The van der Waals surface area contributed by atoms with Gasteiger partial charge in [-0.3, -0.25) is 4.79 Å². The van der Waals surface area contributed by atoms with E-state index in [0.29, 0.717) is 12.3 Å². The van der Waals surface area contributed by atoms with Gasteiger partial charge in [0.1, 0.15) is 12.4 Å². The first kappa shape index (κ1) is 15.0. The van der Waals surface area contributed by atoms with Gasteiger partial charge in [0.05, 0.1) is 26.2 Å². The second-order valence-corrected chi connectivity index (χ2v) is 6.03. The zero-order chi connectivity index (χ0) is 14.5. The highest BCUT2D eigenvalue weighted by Crippen LogP contribution is 2.05. The maximum atomic E-state index is 12.9. The van der Waals surface area contributed by atoms with Crippen LogP contribution in [0.3, 0.4) is 0 Å². The Labute approximate surface area is 120 Å². The van der Waals surface area contributed by atoms with Crippen molar-refractivity contribution in [3.8, 4) is 0 Å². The minimum atomic E-state index is -0.187. The number of amides is 1. The maximum Gasteiger partial charge on any atom is 0.223 e. The van der Waals surface area contributed by atoms with Gasteiger partial charge in [-0.2, -0.15) is 0 Å². The van der Waals surface area contributed by atoms with E-state index in [1.165, 1.54) is 17.0 Å². The van der Waals surface area contributed by atoms with Gasteiger partial charge in [-0.05, 0) is 18.1 Å². The molecular weight excluding hydrogens is 255 g/mol. The smallest absolute Gasteiger partial charge is 0.223 e. The maximum absolute atomic E-state index is 12.9. The van der Waals surface area contributed by atoms with Gasteiger partial charge in [0.25, 0.3) is 0 Å². The van der Waals surface area contributed by atoms with Crippen LogP contribution < -0.4 is 4.90 Å². The van der Waals surface area contributed by atoms with Gasteiger partial charge in [0.2, 0.25) is 5.91 Å². The molecule has 1 aromatic carbocycles. The molecule has 0 spiro atoms. The highest BCUT2D eigenvalue weighted by molar-refractivity contribution is 5.76. The summed E-state index contributed by atoms with van der Waals surface area (Å²) in [5.41, 5.74) is 1.16. The van der Waals surface area contributed by atoms with Crippen molar-refractivity contribution in [2.24, 2.45) is 5.92 Å². The van der Waals surface area contributed by atoms with Crippen molar-refractivity contribution < 1.29 is 14.1 Å². The molecule has 0 saturated carbocycles. The lowest BCUT2D eigenvalue weighted by molar-refractivity contribution is -0.917. The number of rotatable bonds is 4. The number of benzene rings is 1. The van der Waals surface area contributed by atoms with E-state index in [1.807, 2.05) is 17.0 Å². The summed E-state index contributed by atoms with van der Waals surface area (Å²) in [6, 6.07) is 6.71. The molecule has 1 aliphatic rings. The molecule has 4 heteroatoms. The Hall–Kier alpha value is -1.42. The summed E-state index contributed by atoms with van der Waals surface area (Å²) >= 11 is 0. The van der Waals surface area contributed by atoms with Crippen LogP contribution in [-0.4, -0.2) is 37.0 Å². The quantitative estimate of drug-likeness (QED) is 0.877. The fraction of sp³-hybridized carbons (Fsp3) is 0.562. The van der Waals surface area contributed by atoms with Crippen LogP contribution in [0.25, 0.3) is 0 Å². The van der Waals surface area contributed by atoms with E-state index in [2.05, 4.69) is 13.8 Å². The van der Waals surface area contributed by atoms with E-state index in [1.54, 1.807) is 0 Å². The lowest BCUT2D eigenvalue weighted by atomic mass is 10.1. The average molecular weight is 279 g/mol.